The monoisotopic (exact) mass is 542 g/mol. The molecular formula is C27H42N8O4. The molecule has 2 fully saturated rings. The molecule has 1 amide bonds. The largest absolute Gasteiger partial charge is 0.393 e. The van der Waals surface area contributed by atoms with Crippen LogP contribution in [-0.2, 0) is 9.47 Å². The maximum Gasteiger partial charge on any atom is 0.251 e. The van der Waals surface area contributed by atoms with Gasteiger partial charge in [0.2, 0.25) is 17.8 Å². The van der Waals surface area contributed by atoms with Crippen LogP contribution >= 0.6 is 0 Å². The first kappa shape index (κ1) is 28.9. The predicted octanol–water partition coefficient (Wildman–Crippen LogP) is 2.41. The Morgan fingerprint density at radius 2 is 1.51 bits per heavy atom. The molecule has 0 radical (unpaired) electrons. The molecular weight excluding hydrogens is 500 g/mol. The number of hydrogen-bond acceptors (Lipinski definition) is 11. The summed E-state index contributed by atoms with van der Waals surface area (Å²) in [5, 5.41) is 22.8. The molecule has 0 aliphatic heterocycles. The van der Waals surface area contributed by atoms with Crippen molar-refractivity contribution in [2.75, 3.05) is 55.5 Å². The summed E-state index contributed by atoms with van der Waals surface area (Å²) in [4.78, 5) is 26.5. The summed E-state index contributed by atoms with van der Waals surface area (Å²) in [6.07, 6.45) is 7.65. The molecule has 0 spiro atoms. The second kappa shape index (κ2) is 15.5. The van der Waals surface area contributed by atoms with Gasteiger partial charge >= 0.3 is 0 Å². The molecule has 7 N–H and O–H groups in total. The van der Waals surface area contributed by atoms with Crippen molar-refractivity contribution >= 4 is 29.4 Å². The number of carbonyl (C=O) groups excluding carboxylic acids is 1. The molecule has 0 atom stereocenters. The molecule has 0 unspecified atom stereocenters. The summed E-state index contributed by atoms with van der Waals surface area (Å²) >= 11 is 0. The number of nitrogens with one attached hydrogen (secondary N) is 4. The Bertz CT molecular complexity index is 1030. The third-order valence-electron chi connectivity index (χ3n) is 6.90. The van der Waals surface area contributed by atoms with E-state index in [1.807, 2.05) is 12.1 Å². The lowest BCUT2D eigenvalue weighted by Crippen LogP contribution is -2.29. The van der Waals surface area contributed by atoms with Crippen LogP contribution in [0.15, 0.2) is 24.3 Å². The Morgan fingerprint density at radius 1 is 0.872 bits per heavy atom. The fraction of sp³-hybridized carbons (Fsp3) is 0.630. The van der Waals surface area contributed by atoms with Gasteiger partial charge in [0.1, 0.15) is 0 Å². The first-order chi connectivity index (χ1) is 19.1. The Morgan fingerprint density at radius 3 is 2.21 bits per heavy atom. The number of ether oxygens (including phenoxy) is 2. The second-order valence-corrected chi connectivity index (χ2v) is 10.1. The Labute approximate surface area is 229 Å². The first-order valence-electron chi connectivity index (χ1n) is 14.1. The first-order valence-corrected chi connectivity index (χ1v) is 14.1. The van der Waals surface area contributed by atoms with Crippen LogP contribution in [0.25, 0.3) is 0 Å². The van der Waals surface area contributed by atoms with Crippen LogP contribution in [0.4, 0.5) is 23.5 Å². The lowest BCUT2D eigenvalue weighted by atomic mass is 9.93. The minimum absolute atomic E-state index is 0.192. The third-order valence-corrected chi connectivity index (χ3v) is 6.90. The van der Waals surface area contributed by atoms with Gasteiger partial charge in [-0.3, -0.25) is 4.79 Å². The Hall–Kier alpha value is -3.06. The van der Waals surface area contributed by atoms with E-state index in [0.717, 1.165) is 38.5 Å². The Balaban J connectivity index is 1.35. The van der Waals surface area contributed by atoms with Gasteiger partial charge in [-0.15, -0.1) is 0 Å². The number of aromatic nitrogens is 3. The molecule has 1 aromatic carbocycles. The third kappa shape index (κ3) is 9.88. The number of hydrogen-bond donors (Lipinski definition) is 6. The van der Waals surface area contributed by atoms with E-state index in [1.165, 1.54) is 12.8 Å². The summed E-state index contributed by atoms with van der Waals surface area (Å²) in [6.45, 7) is 2.72. The lowest BCUT2D eigenvalue weighted by Gasteiger charge is -2.26. The number of nitrogens with zero attached hydrogens (tertiary/aromatic N) is 3. The molecule has 0 saturated heterocycles. The molecule has 2 aliphatic rings. The zero-order valence-corrected chi connectivity index (χ0v) is 22.5. The van der Waals surface area contributed by atoms with Gasteiger partial charge in [0.05, 0.1) is 32.5 Å². The smallest absolute Gasteiger partial charge is 0.251 e. The fourth-order valence-electron chi connectivity index (χ4n) is 4.83. The van der Waals surface area contributed by atoms with E-state index in [4.69, 9.17) is 15.2 Å². The number of amides is 1. The van der Waals surface area contributed by atoms with Crippen molar-refractivity contribution in [1.29, 1.82) is 0 Å². The molecule has 39 heavy (non-hydrogen) atoms. The van der Waals surface area contributed by atoms with Crippen molar-refractivity contribution < 1.29 is 19.4 Å². The van der Waals surface area contributed by atoms with Gasteiger partial charge in [-0.05, 0) is 56.7 Å². The molecule has 214 valence electrons. The highest BCUT2D eigenvalue weighted by Crippen LogP contribution is 2.25. The molecule has 12 heteroatoms. The van der Waals surface area contributed by atoms with Gasteiger partial charge in [-0.2, -0.15) is 15.0 Å². The quantitative estimate of drug-likeness (QED) is 0.183. The number of anilines is 4. The van der Waals surface area contributed by atoms with Crippen molar-refractivity contribution in [2.45, 2.75) is 69.6 Å². The van der Waals surface area contributed by atoms with Gasteiger partial charge < -0.3 is 41.6 Å². The summed E-state index contributed by atoms with van der Waals surface area (Å²) in [5.41, 5.74) is 6.59. The second-order valence-electron chi connectivity index (χ2n) is 10.1. The van der Waals surface area contributed by atoms with Gasteiger partial charge in [-0.25, -0.2) is 0 Å². The number of carbonyl (C=O) groups is 1. The molecule has 2 saturated carbocycles. The minimum atomic E-state index is -0.226. The molecule has 12 nitrogen and oxygen atoms in total. The van der Waals surface area contributed by atoms with Crippen molar-refractivity contribution in [3.05, 3.63) is 29.8 Å². The molecule has 1 aromatic heterocycles. The van der Waals surface area contributed by atoms with E-state index in [9.17, 15) is 9.90 Å². The van der Waals surface area contributed by atoms with Crippen LogP contribution in [0.2, 0.25) is 0 Å². The van der Waals surface area contributed by atoms with Gasteiger partial charge in [0.25, 0.3) is 5.91 Å². The van der Waals surface area contributed by atoms with Crippen LogP contribution in [0, 0.1) is 0 Å². The van der Waals surface area contributed by atoms with E-state index in [2.05, 4.69) is 36.2 Å². The summed E-state index contributed by atoms with van der Waals surface area (Å²) in [7, 11) is 0. The Kier molecular flexibility index (Phi) is 11.5. The lowest BCUT2D eigenvalue weighted by molar-refractivity contribution is 0.0511. The number of aliphatic hydroxyl groups is 1. The maximum absolute atomic E-state index is 12.7. The van der Waals surface area contributed by atoms with E-state index < -0.39 is 0 Å². The van der Waals surface area contributed by atoms with Crippen molar-refractivity contribution in [2.24, 2.45) is 5.73 Å². The topological polar surface area (TPSA) is 169 Å². The summed E-state index contributed by atoms with van der Waals surface area (Å²) in [6, 6.07) is 7.76. The molecule has 4 rings (SSSR count). The molecule has 0 bridgehead atoms. The van der Waals surface area contributed by atoms with Crippen molar-refractivity contribution in [3.8, 4) is 0 Å². The average molecular weight is 543 g/mol. The maximum atomic E-state index is 12.7. The van der Waals surface area contributed by atoms with Crippen LogP contribution in [-0.4, -0.2) is 83.7 Å². The van der Waals surface area contributed by atoms with Crippen molar-refractivity contribution in [1.82, 2.24) is 20.3 Å². The zero-order chi connectivity index (χ0) is 27.3. The van der Waals surface area contributed by atoms with E-state index in [-0.39, 0.29) is 18.1 Å². The number of rotatable bonds is 15. The number of benzene rings is 1. The van der Waals surface area contributed by atoms with E-state index in [1.54, 1.807) is 12.1 Å². The molecule has 2 aromatic rings. The average Bonchev–Trinajstić information content (AvgIpc) is 3.44. The highest BCUT2D eigenvalue weighted by molar-refractivity contribution is 5.95. The number of nitrogens with two attached hydrogens (primary N) is 1. The standard InChI is InChI=1S/C27H42N8O4/c28-12-14-38-16-17-39-15-13-29-24(37)19-4-3-7-22(18-19)32-27-34-25(30-20-5-1-2-6-20)33-26(35-27)31-21-8-10-23(36)11-9-21/h3-4,7,18,20-21,23,36H,1-2,5-6,8-17,28H2,(H,29,37)(H3,30,31,32,33,34,35). The predicted molar refractivity (Wildman–Crippen MR) is 150 cm³/mol. The van der Waals surface area contributed by atoms with Crippen LogP contribution in [0.1, 0.15) is 61.7 Å². The number of aliphatic hydroxyl groups excluding tert-OH is 1. The van der Waals surface area contributed by atoms with Gasteiger partial charge in [0.15, 0.2) is 0 Å². The van der Waals surface area contributed by atoms with Gasteiger partial charge in [-0.1, -0.05) is 18.9 Å². The molecule has 2 aliphatic carbocycles. The fourth-order valence-corrected chi connectivity index (χ4v) is 4.83. The highest BCUT2D eigenvalue weighted by Gasteiger charge is 2.22. The van der Waals surface area contributed by atoms with Crippen LogP contribution in [0.5, 0.6) is 0 Å². The van der Waals surface area contributed by atoms with Crippen molar-refractivity contribution in [3.63, 3.8) is 0 Å². The summed E-state index contributed by atoms with van der Waals surface area (Å²) < 4.78 is 10.7. The molecule has 1 heterocycles. The normalized spacial score (nSPS) is 19.5. The SMILES string of the molecule is NCCOCCOCCNC(=O)c1cccc(Nc2nc(NC3CCCC3)nc(NC3CCC(O)CC3)n2)c1. The van der Waals surface area contributed by atoms with E-state index >= 15 is 0 Å². The van der Waals surface area contributed by atoms with E-state index in [0.29, 0.717) is 74.7 Å². The minimum Gasteiger partial charge on any atom is -0.393 e. The van der Waals surface area contributed by atoms with Crippen LogP contribution < -0.4 is 27.0 Å². The van der Waals surface area contributed by atoms with Gasteiger partial charge in [0, 0.05) is 36.4 Å². The summed E-state index contributed by atoms with van der Waals surface area (Å²) in [5.74, 6) is 1.23. The highest BCUT2D eigenvalue weighted by atomic mass is 16.5. The zero-order valence-electron chi connectivity index (χ0n) is 22.5. The van der Waals surface area contributed by atoms with Crippen LogP contribution in [0.3, 0.4) is 0 Å².